The molecule has 0 radical (unpaired) electrons. The van der Waals surface area contributed by atoms with Crippen LogP contribution in [0.3, 0.4) is 0 Å². The second-order valence-electron chi connectivity index (χ2n) is 12.0. The molecule has 13 nitrogen and oxygen atoms in total. The van der Waals surface area contributed by atoms with Crippen molar-refractivity contribution in [1.82, 2.24) is 19.9 Å². The number of likely N-dealkylation sites (N-methyl/N-ethyl adjacent to an activating group) is 1. The number of pyridine rings is 1. The lowest BCUT2D eigenvalue weighted by molar-refractivity contribution is -0.384. The van der Waals surface area contributed by atoms with Crippen molar-refractivity contribution in [3.05, 3.63) is 57.5 Å². The number of nitro benzene ring substituents is 1. The minimum Gasteiger partial charge on any atom is -0.494 e. The largest absolute Gasteiger partial charge is 0.494 e. The van der Waals surface area contributed by atoms with Gasteiger partial charge in [0.2, 0.25) is 5.95 Å². The van der Waals surface area contributed by atoms with E-state index in [1.165, 1.54) is 19.4 Å². The van der Waals surface area contributed by atoms with Crippen LogP contribution >= 0.6 is 0 Å². The Bertz CT molecular complexity index is 1690. The summed E-state index contributed by atoms with van der Waals surface area (Å²) in [5.74, 6) is 6.18. The zero-order valence-electron chi connectivity index (χ0n) is 26.7. The number of nitrogens with zero attached hydrogens (tertiary/aromatic N) is 7. The van der Waals surface area contributed by atoms with E-state index in [0.29, 0.717) is 48.3 Å². The number of methoxy groups -OCH3 is 1. The molecule has 1 fully saturated rings. The molecule has 0 unspecified atom stereocenters. The third kappa shape index (κ3) is 6.46. The highest BCUT2D eigenvalue weighted by Gasteiger charge is 2.40. The number of benzene rings is 1. The molecule has 2 aliphatic heterocycles. The Morgan fingerprint density at radius 1 is 1.13 bits per heavy atom. The van der Waals surface area contributed by atoms with Crippen molar-refractivity contribution in [2.75, 3.05) is 62.0 Å². The molecule has 0 aliphatic carbocycles. The number of carbonyl (C=O) groups is 1. The molecular weight excluding hydrogens is 576 g/mol. The maximum Gasteiger partial charge on any atom is 0.343 e. The molecule has 3 aromatic rings. The normalized spacial score (nSPS) is 15.7. The third-order valence-corrected chi connectivity index (χ3v) is 7.78. The number of rotatable bonds is 8. The van der Waals surface area contributed by atoms with Crippen LogP contribution in [0.4, 0.5) is 34.5 Å². The lowest BCUT2D eigenvalue weighted by Gasteiger charge is -2.34. The van der Waals surface area contributed by atoms with Gasteiger partial charge in [-0.25, -0.2) is 14.8 Å². The summed E-state index contributed by atoms with van der Waals surface area (Å²) in [4.78, 5) is 45.2. The van der Waals surface area contributed by atoms with Gasteiger partial charge in [0.25, 0.3) is 5.69 Å². The maximum absolute atomic E-state index is 13.3. The Labute approximate surface area is 262 Å². The number of piperazine rings is 1. The van der Waals surface area contributed by atoms with Gasteiger partial charge in [0, 0.05) is 56.5 Å². The minimum atomic E-state index is -0.566. The van der Waals surface area contributed by atoms with E-state index in [1.807, 2.05) is 29.0 Å². The number of aromatic nitrogens is 3. The number of esters is 1. The highest BCUT2D eigenvalue weighted by atomic mass is 16.6. The van der Waals surface area contributed by atoms with Crippen molar-refractivity contribution >= 4 is 40.5 Å². The topological polar surface area (TPSA) is 139 Å². The van der Waals surface area contributed by atoms with E-state index in [4.69, 9.17) is 19.4 Å². The Kier molecular flexibility index (Phi) is 8.79. The zero-order chi connectivity index (χ0) is 32.5. The van der Waals surface area contributed by atoms with E-state index >= 15 is 0 Å². The summed E-state index contributed by atoms with van der Waals surface area (Å²) in [5, 5.41) is 15.3. The Morgan fingerprint density at radius 3 is 2.51 bits per heavy atom. The molecule has 236 valence electrons. The molecule has 0 spiro atoms. The second kappa shape index (κ2) is 12.6. The lowest BCUT2D eigenvalue weighted by Crippen LogP contribution is -2.44. The summed E-state index contributed by atoms with van der Waals surface area (Å²) < 4.78 is 11.2. The van der Waals surface area contributed by atoms with Crippen LogP contribution in [-0.2, 0) is 10.2 Å². The molecule has 45 heavy (non-hydrogen) atoms. The summed E-state index contributed by atoms with van der Waals surface area (Å²) in [6.45, 7) is 12.8. The smallest absolute Gasteiger partial charge is 0.343 e. The minimum absolute atomic E-state index is 0.0625. The van der Waals surface area contributed by atoms with E-state index in [2.05, 4.69) is 40.9 Å². The van der Waals surface area contributed by atoms with Gasteiger partial charge in [-0.1, -0.05) is 19.8 Å². The number of hydrogen-bond acceptors (Lipinski definition) is 12. The van der Waals surface area contributed by atoms with Crippen molar-refractivity contribution < 1.29 is 19.2 Å². The molecule has 2 aliphatic rings. The number of hydrogen-bond donors (Lipinski definition) is 1. The average Bonchev–Trinajstić information content (AvgIpc) is 3.26. The summed E-state index contributed by atoms with van der Waals surface area (Å²) in [7, 11) is 3.53. The zero-order valence-corrected chi connectivity index (χ0v) is 26.7. The standard InChI is InChI=1S/C32H38N8O5/c1-8-9-21-10-11-24-28(34-21)32(4,5)19-39(24)29-22(30(41)45-20(2)3)18-33-31(36-29)35-23-16-26(40(42)43)25(17-27(23)44-7)38-14-12-37(6)13-15-38/h10-11,16-18,20H,12-15,19H2,1-7H3,(H,33,35,36). The van der Waals surface area contributed by atoms with E-state index in [-0.39, 0.29) is 28.7 Å². The van der Waals surface area contributed by atoms with Gasteiger partial charge in [0.15, 0.2) is 5.82 Å². The first-order chi connectivity index (χ1) is 21.4. The van der Waals surface area contributed by atoms with E-state index in [0.717, 1.165) is 24.5 Å². The first-order valence-corrected chi connectivity index (χ1v) is 14.8. The van der Waals surface area contributed by atoms with Gasteiger partial charge in [-0.15, -0.1) is 0 Å². The third-order valence-electron chi connectivity index (χ3n) is 7.78. The Morgan fingerprint density at radius 2 is 1.87 bits per heavy atom. The van der Waals surface area contributed by atoms with Crippen LogP contribution in [0.5, 0.6) is 5.75 Å². The highest BCUT2D eigenvalue weighted by Crippen LogP contribution is 2.44. The van der Waals surface area contributed by atoms with Crippen LogP contribution in [0.2, 0.25) is 0 Å². The summed E-state index contributed by atoms with van der Waals surface area (Å²) >= 11 is 0. The average molecular weight is 615 g/mol. The monoisotopic (exact) mass is 614 g/mol. The summed E-state index contributed by atoms with van der Waals surface area (Å²) in [6.07, 6.45) is 1.05. The molecule has 0 saturated carbocycles. The molecule has 1 saturated heterocycles. The highest BCUT2D eigenvalue weighted by molar-refractivity contribution is 5.96. The van der Waals surface area contributed by atoms with Gasteiger partial charge < -0.3 is 29.5 Å². The quantitative estimate of drug-likeness (QED) is 0.164. The maximum atomic E-state index is 13.3. The van der Waals surface area contributed by atoms with Crippen LogP contribution in [0, 0.1) is 22.0 Å². The molecule has 0 amide bonds. The molecule has 13 heteroatoms. The van der Waals surface area contributed by atoms with Crippen molar-refractivity contribution in [3.8, 4) is 17.6 Å². The van der Waals surface area contributed by atoms with Crippen molar-refractivity contribution in [1.29, 1.82) is 0 Å². The predicted octanol–water partition coefficient (Wildman–Crippen LogP) is 4.65. The summed E-state index contributed by atoms with van der Waals surface area (Å²) in [6, 6.07) is 6.86. The molecule has 5 rings (SSSR count). The molecule has 1 N–H and O–H groups in total. The van der Waals surface area contributed by atoms with Crippen molar-refractivity contribution in [2.24, 2.45) is 0 Å². The van der Waals surface area contributed by atoms with Crippen LogP contribution in [0.1, 0.15) is 56.4 Å². The van der Waals surface area contributed by atoms with Crippen molar-refractivity contribution in [3.63, 3.8) is 0 Å². The van der Waals surface area contributed by atoms with Crippen molar-refractivity contribution in [2.45, 2.75) is 46.1 Å². The molecule has 1 aromatic carbocycles. The number of nitro groups is 1. The SMILES string of the molecule is CC#Cc1ccc2c(n1)C(C)(C)CN2c1nc(Nc2cc([N+](=O)[O-])c(N3CCN(C)CC3)cc2OC)ncc1C(=O)OC(C)C. The van der Waals surface area contributed by atoms with Gasteiger partial charge in [-0.05, 0) is 45.9 Å². The molecular formula is C32H38N8O5. The second-order valence-corrected chi connectivity index (χ2v) is 12.0. The van der Waals surface area contributed by atoms with Crippen LogP contribution in [-0.4, -0.2) is 83.7 Å². The van der Waals surface area contributed by atoms with Gasteiger partial charge in [-0.2, -0.15) is 4.98 Å². The molecule has 2 aromatic heterocycles. The number of ether oxygens (including phenoxy) is 2. The van der Waals surface area contributed by atoms with Crippen LogP contribution in [0.15, 0.2) is 30.5 Å². The van der Waals surface area contributed by atoms with Gasteiger partial charge in [0.05, 0.1) is 35.2 Å². The fraction of sp³-hybridized carbons (Fsp3) is 0.438. The number of anilines is 5. The van der Waals surface area contributed by atoms with Gasteiger partial charge in [-0.3, -0.25) is 10.1 Å². The summed E-state index contributed by atoms with van der Waals surface area (Å²) in [5.41, 5.74) is 2.80. The molecule has 4 heterocycles. The van der Waals surface area contributed by atoms with E-state index < -0.39 is 10.9 Å². The first kappa shape index (κ1) is 31.5. The fourth-order valence-electron chi connectivity index (χ4n) is 5.56. The molecule has 0 atom stereocenters. The number of nitrogens with one attached hydrogen (secondary N) is 1. The lowest BCUT2D eigenvalue weighted by atomic mass is 9.91. The van der Waals surface area contributed by atoms with Crippen LogP contribution in [0.25, 0.3) is 0 Å². The van der Waals surface area contributed by atoms with Gasteiger partial charge in [0.1, 0.15) is 22.7 Å². The fourth-order valence-corrected chi connectivity index (χ4v) is 5.56. The van der Waals surface area contributed by atoms with E-state index in [9.17, 15) is 14.9 Å². The molecule has 0 bridgehead atoms. The van der Waals surface area contributed by atoms with E-state index in [1.54, 1.807) is 26.8 Å². The number of carbonyl (C=O) groups excluding carboxylic acids is 1. The van der Waals surface area contributed by atoms with Gasteiger partial charge >= 0.3 is 5.97 Å². The first-order valence-electron chi connectivity index (χ1n) is 14.8. The van der Waals surface area contributed by atoms with Crippen LogP contribution < -0.4 is 19.9 Å². The number of fused-ring (bicyclic) bond motifs is 1. The Balaban J connectivity index is 1.58. The predicted molar refractivity (Wildman–Crippen MR) is 172 cm³/mol. The Hall–Kier alpha value is -4.96.